The van der Waals surface area contributed by atoms with Crippen molar-refractivity contribution in [2.24, 2.45) is 0 Å². The fourth-order valence-corrected chi connectivity index (χ4v) is 3.50. The molecule has 0 aliphatic heterocycles. The number of nitrogens with two attached hydrogens (primary N) is 1. The zero-order valence-corrected chi connectivity index (χ0v) is 14.4. The van der Waals surface area contributed by atoms with E-state index in [-0.39, 0.29) is 5.82 Å². The zero-order valence-electron chi connectivity index (χ0n) is 13.5. The van der Waals surface area contributed by atoms with Gasteiger partial charge < -0.3 is 10.5 Å². The molecule has 0 fully saturated rings. The molecule has 0 aliphatic rings. The van der Waals surface area contributed by atoms with Gasteiger partial charge >= 0.3 is 0 Å². The molecule has 0 radical (unpaired) electrons. The fraction of sp³-hybridized carbons (Fsp3) is 0.158. The molecule has 3 aromatic rings. The van der Waals surface area contributed by atoms with Crippen LogP contribution < -0.4 is 10.5 Å². The summed E-state index contributed by atoms with van der Waals surface area (Å²) in [6, 6.07) is 13.9. The minimum absolute atomic E-state index is 0.256. The van der Waals surface area contributed by atoms with Crippen LogP contribution in [0.15, 0.2) is 41.8 Å². The first kappa shape index (κ1) is 16.0. The maximum atomic E-state index is 9.46. The van der Waals surface area contributed by atoms with E-state index in [9.17, 15) is 5.26 Å². The van der Waals surface area contributed by atoms with E-state index in [1.165, 1.54) is 0 Å². The van der Waals surface area contributed by atoms with Gasteiger partial charge in [0.1, 0.15) is 23.2 Å². The van der Waals surface area contributed by atoms with Crippen molar-refractivity contribution in [2.75, 3.05) is 12.3 Å². The Kier molecular flexibility index (Phi) is 4.50. The lowest BCUT2D eigenvalue weighted by molar-refractivity contribution is 0.340. The van der Waals surface area contributed by atoms with E-state index in [0.29, 0.717) is 12.2 Å². The lowest BCUT2D eigenvalue weighted by atomic mass is 10.0. The summed E-state index contributed by atoms with van der Waals surface area (Å²) >= 11 is 1.60. The quantitative estimate of drug-likeness (QED) is 0.754. The molecule has 0 saturated heterocycles. The second-order valence-corrected chi connectivity index (χ2v) is 6.23. The molecule has 2 aromatic heterocycles. The fourth-order valence-electron chi connectivity index (χ4n) is 2.55. The summed E-state index contributed by atoms with van der Waals surface area (Å²) in [5.41, 5.74) is 10.1. The number of nitrogens with zero attached hydrogens (tertiary/aromatic N) is 2. The van der Waals surface area contributed by atoms with Crippen molar-refractivity contribution in [2.45, 2.75) is 13.8 Å². The molecular formula is C19H17N3OS. The molecule has 4 nitrogen and oxygen atoms in total. The second kappa shape index (κ2) is 6.73. The van der Waals surface area contributed by atoms with Gasteiger partial charge in [-0.05, 0) is 61.2 Å². The zero-order chi connectivity index (χ0) is 17.1. The predicted molar refractivity (Wildman–Crippen MR) is 98.0 cm³/mol. The monoisotopic (exact) mass is 335 g/mol. The molecule has 24 heavy (non-hydrogen) atoms. The smallest absolute Gasteiger partial charge is 0.142 e. The number of hydrogen-bond donors (Lipinski definition) is 1. The van der Waals surface area contributed by atoms with Gasteiger partial charge in [0.15, 0.2) is 0 Å². The Bertz CT molecular complexity index is 907. The van der Waals surface area contributed by atoms with Crippen molar-refractivity contribution in [3.05, 3.63) is 52.9 Å². The predicted octanol–water partition coefficient (Wildman–Crippen LogP) is 4.64. The molecule has 5 heteroatoms. The van der Waals surface area contributed by atoms with E-state index >= 15 is 0 Å². The summed E-state index contributed by atoms with van der Waals surface area (Å²) in [4.78, 5) is 5.46. The van der Waals surface area contributed by atoms with E-state index < -0.39 is 0 Å². The van der Waals surface area contributed by atoms with Gasteiger partial charge in [-0.2, -0.15) is 5.26 Å². The molecule has 0 unspecified atom stereocenters. The number of aryl methyl sites for hydroxylation is 1. The number of rotatable bonds is 4. The highest BCUT2D eigenvalue weighted by molar-refractivity contribution is 7.13. The van der Waals surface area contributed by atoms with E-state index in [0.717, 1.165) is 33.0 Å². The summed E-state index contributed by atoms with van der Waals surface area (Å²) in [6.45, 7) is 4.61. The Hall–Kier alpha value is -2.84. The van der Waals surface area contributed by atoms with Crippen LogP contribution in [0.4, 0.5) is 5.82 Å². The van der Waals surface area contributed by atoms with Gasteiger partial charge in [-0.25, -0.2) is 4.98 Å². The standard InChI is InChI=1S/C19H17N3OS/c1-3-23-14-6-4-13(5-7-14)17-10-15(16(11-20)19(21)22-17)18-12(2)8-9-24-18/h4-10H,3H2,1-2H3,(H2,21,22). The van der Waals surface area contributed by atoms with Crippen LogP contribution in [0, 0.1) is 18.3 Å². The summed E-state index contributed by atoms with van der Waals surface area (Å²) in [5, 5.41) is 11.5. The van der Waals surface area contributed by atoms with E-state index in [1.54, 1.807) is 11.3 Å². The average molecular weight is 335 g/mol. The highest BCUT2D eigenvalue weighted by Crippen LogP contribution is 2.36. The van der Waals surface area contributed by atoms with Crippen LogP contribution in [0.2, 0.25) is 0 Å². The van der Waals surface area contributed by atoms with E-state index in [4.69, 9.17) is 10.5 Å². The SMILES string of the molecule is CCOc1ccc(-c2cc(-c3sccc3C)c(C#N)c(N)n2)cc1. The summed E-state index contributed by atoms with van der Waals surface area (Å²) in [5.74, 6) is 1.07. The number of thiophene rings is 1. The third-order valence-electron chi connectivity index (χ3n) is 3.73. The lowest BCUT2D eigenvalue weighted by Crippen LogP contribution is -1.99. The van der Waals surface area contributed by atoms with Crippen molar-refractivity contribution in [1.29, 1.82) is 5.26 Å². The number of nitrogen functional groups attached to an aromatic ring is 1. The third-order valence-corrected chi connectivity index (χ3v) is 4.78. The van der Waals surface area contributed by atoms with Crippen LogP contribution in [0.3, 0.4) is 0 Å². The number of anilines is 1. The van der Waals surface area contributed by atoms with Gasteiger partial charge in [0.05, 0.1) is 12.3 Å². The third kappa shape index (κ3) is 2.97. The normalized spacial score (nSPS) is 10.4. The molecule has 2 heterocycles. The lowest BCUT2D eigenvalue weighted by Gasteiger charge is -2.10. The topological polar surface area (TPSA) is 71.9 Å². The molecular weight excluding hydrogens is 318 g/mol. The van der Waals surface area contributed by atoms with Crippen LogP contribution in [-0.4, -0.2) is 11.6 Å². The molecule has 2 N–H and O–H groups in total. The Balaban J connectivity index is 2.12. The van der Waals surface area contributed by atoms with Gasteiger partial charge in [0.25, 0.3) is 0 Å². The maximum absolute atomic E-state index is 9.46. The highest BCUT2D eigenvalue weighted by Gasteiger charge is 2.15. The molecule has 1 aromatic carbocycles. The van der Waals surface area contributed by atoms with E-state index in [1.807, 2.05) is 55.6 Å². The Morgan fingerprint density at radius 1 is 1.25 bits per heavy atom. The van der Waals surface area contributed by atoms with Crippen LogP contribution in [0.5, 0.6) is 5.75 Å². The molecule has 120 valence electrons. The molecule has 0 spiro atoms. The highest BCUT2D eigenvalue weighted by atomic mass is 32.1. The summed E-state index contributed by atoms with van der Waals surface area (Å²) in [7, 11) is 0. The maximum Gasteiger partial charge on any atom is 0.142 e. The number of aromatic nitrogens is 1. The van der Waals surface area contributed by atoms with Gasteiger partial charge in [-0.3, -0.25) is 0 Å². The number of nitriles is 1. The average Bonchev–Trinajstić information content (AvgIpc) is 3.01. The number of ether oxygens (including phenoxy) is 1. The summed E-state index contributed by atoms with van der Waals surface area (Å²) < 4.78 is 5.47. The summed E-state index contributed by atoms with van der Waals surface area (Å²) in [6.07, 6.45) is 0. The molecule has 0 amide bonds. The Morgan fingerprint density at radius 3 is 2.58 bits per heavy atom. The molecule has 3 rings (SSSR count). The first-order valence-corrected chi connectivity index (χ1v) is 8.50. The van der Waals surface area contributed by atoms with Gasteiger partial charge in [0.2, 0.25) is 0 Å². The first-order valence-electron chi connectivity index (χ1n) is 7.62. The largest absolute Gasteiger partial charge is 0.494 e. The Morgan fingerprint density at radius 2 is 2.00 bits per heavy atom. The van der Waals surface area contributed by atoms with Crippen molar-refractivity contribution >= 4 is 17.2 Å². The van der Waals surface area contributed by atoms with Crippen molar-refractivity contribution in [3.63, 3.8) is 0 Å². The van der Waals surface area contributed by atoms with Crippen LogP contribution >= 0.6 is 11.3 Å². The van der Waals surface area contributed by atoms with Crippen molar-refractivity contribution in [1.82, 2.24) is 4.98 Å². The van der Waals surface area contributed by atoms with Crippen molar-refractivity contribution < 1.29 is 4.74 Å². The second-order valence-electron chi connectivity index (χ2n) is 5.32. The van der Waals surface area contributed by atoms with Gasteiger partial charge in [-0.1, -0.05) is 0 Å². The van der Waals surface area contributed by atoms with E-state index in [2.05, 4.69) is 11.1 Å². The first-order chi connectivity index (χ1) is 11.6. The molecule has 0 aliphatic carbocycles. The number of benzene rings is 1. The van der Waals surface area contributed by atoms with Crippen LogP contribution in [0.1, 0.15) is 18.1 Å². The number of hydrogen-bond acceptors (Lipinski definition) is 5. The molecule has 0 atom stereocenters. The molecule has 0 saturated carbocycles. The minimum atomic E-state index is 0.256. The molecule has 0 bridgehead atoms. The van der Waals surface area contributed by atoms with Crippen molar-refractivity contribution in [3.8, 4) is 33.5 Å². The Labute approximate surface area is 145 Å². The van der Waals surface area contributed by atoms with Gasteiger partial charge in [0, 0.05) is 16.0 Å². The minimum Gasteiger partial charge on any atom is -0.494 e. The van der Waals surface area contributed by atoms with Crippen LogP contribution in [-0.2, 0) is 0 Å². The van der Waals surface area contributed by atoms with Crippen LogP contribution in [0.25, 0.3) is 21.7 Å². The van der Waals surface area contributed by atoms with Gasteiger partial charge in [-0.15, -0.1) is 11.3 Å². The number of pyridine rings is 1.